The van der Waals surface area contributed by atoms with E-state index in [1.807, 2.05) is 24.3 Å². The number of rotatable bonds is 4. The Morgan fingerprint density at radius 1 is 1.09 bits per heavy atom. The van der Waals surface area contributed by atoms with E-state index in [2.05, 4.69) is 15.5 Å². The van der Waals surface area contributed by atoms with Crippen molar-refractivity contribution in [3.05, 3.63) is 60.0 Å². The first kappa shape index (κ1) is 21.7. The van der Waals surface area contributed by atoms with Crippen molar-refractivity contribution in [2.24, 2.45) is 0 Å². The molecule has 7 nitrogen and oxygen atoms in total. The van der Waals surface area contributed by atoms with Gasteiger partial charge in [-0.2, -0.15) is 18.2 Å². The van der Waals surface area contributed by atoms with Gasteiger partial charge in [0.05, 0.1) is 12.7 Å². The van der Waals surface area contributed by atoms with Gasteiger partial charge in [0.15, 0.2) is 0 Å². The number of anilines is 1. The molecule has 1 aliphatic rings. The van der Waals surface area contributed by atoms with E-state index in [0.29, 0.717) is 43.3 Å². The number of carbonyl (C=O) groups excluding carboxylic acids is 1. The molecule has 1 N–H and O–H groups in total. The number of amides is 2. The minimum absolute atomic E-state index is 0.0321. The molecule has 1 saturated heterocycles. The predicted molar refractivity (Wildman–Crippen MR) is 110 cm³/mol. The third-order valence-electron chi connectivity index (χ3n) is 5.38. The molecule has 0 atom stereocenters. The van der Waals surface area contributed by atoms with Gasteiger partial charge in [-0.15, -0.1) is 0 Å². The van der Waals surface area contributed by atoms with E-state index in [0.717, 1.165) is 23.4 Å². The quantitative estimate of drug-likeness (QED) is 0.598. The fraction of sp³-hybridized carbons (Fsp3) is 0.318. The van der Waals surface area contributed by atoms with Crippen molar-refractivity contribution in [3.8, 4) is 17.1 Å². The van der Waals surface area contributed by atoms with Crippen LogP contribution in [0.25, 0.3) is 11.4 Å². The molecule has 2 amide bonds. The van der Waals surface area contributed by atoms with Crippen LogP contribution >= 0.6 is 0 Å². The lowest BCUT2D eigenvalue weighted by atomic mass is 9.97. The molecule has 0 spiro atoms. The Bertz CT molecular complexity index is 1060. The Kier molecular flexibility index (Phi) is 6.02. The summed E-state index contributed by atoms with van der Waals surface area (Å²) in [5.41, 5.74) is 0.366. The lowest BCUT2D eigenvalue weighted by molar-refractivity contribution is -0.137. The van der Waals surface area contributed by atoms with E-state index in [1.54, 1.807) is 12.0 Å². The number of nitrogens with zero attached hydrogens (tertiary/aromatic N) is 3. The number of ether oxygens (including phenoxy) is 1. The van der Waals surface area contributed by atoms with Crippen molar-refractivity contribution in [3.63, 3.8) is 0 Å². The molecular formula is C22H21F3N4O3. The number of carbonyl (C=O) groups is 1. The van der Waals surface area contributed by atoms with Gasteiger partial charge in [-0.25, -0.2) is 4.79 Å². The molecule has 1 aromatic heterocycles. The lowest BCUT2D eigenvalue weighted by Gasteiger charge is -2.30. The number of hydrogen-bond acceptors (Lipinski definition) is 5. The second-order valence-corrected chi connectivity index (χ2v) is 7.45. The van der Waals surface area contributed by atoms with Gasteiger partial charge in [-0.05, 0) is 61.4 Å². The average Bonchev–Trinajstić information content (AvgIpc) is 3.29. The van der Waals surface area contributed by atoms with Crippen LogP contribution in [-0.4, -0.2) is 41.3 Å². The maximum Gasteiger partial charge on any atom is 0.416 e. The zero-order valence-electron chi connectivity index (χ0n) is 17.2. The Morgan fingerprint density at radius 3 is 2.34 bits per heavy atom. The number of piperidine rings is 1. The maximum absolute atomic E-state index is 12.7. The molecule has 0 radical (unpaired) electrons. The zero-order chi connectivity index (χ0) is 22.7. The number of methoxy groups -OCH3 is 1. The van der Waals surface area contributed by atoms with Gasteiger partial charge in [0.2, 0.25) is 11.7 Å². The first-order valence-corrected chi connectivity index (χ1v) is 10.0. The minimum Gasteiger partial charge on any atom is -0.497 e. The Hall–Kier alpha value is -3.56. The first-order valence-electron chi connectivity index (χ1n) is 10.0. The van der Waals surface area contributed by atoms with Crippen molar-refractivity contribution >= 4 is 11.7 Å². The van der Waals surface area contributed by atoms with Gasteiger partial charge < -0.3 is 19.5 Å². The number of aromatic nitrogens is 2. The molecule has 4 rings (SSSR count). The molecule has 168 valence electrons. The summed E-state index contributed by atoms with van der Waals surface area (Å²) >= 11 is 0. The summed E-state index contributed by atoms with van der Waals surface area (Å²) in [7, 11) is 1.59. The van der Waals surface area contributed by atoms with Crippen LogP contribution in [0.15, 0.2) is 53.1 Å². The summed E-state index contributed by atoms with van der Waals surface area (Å²) in [5, 5.41) is 6.69. The zero-order valence-corrected chi connectivity index (χ0v) is 17.2. The van der Waals surface area contributed by atoms with E-state index < -0.39 is 11.7 Å². The van der Waals surface area contributed by atoms with Gasteiger partial charge in [-0.1, -0.05) is 5.16 Å². The number of urea groups is 1. The van der Waals surface area contributed by atoms with Crippen molar-refractivity contribution in [2.75, 3.05) is 25.5 Å². The second kappa shape index (κ2) is 8.89. The van der Waals surface area contributed by atoms with Crippen molar-refractivity contribution in [1.82, 2.24) is 15.0 Å². The summed E-state index contributed by atoms with van der Waals surface area (Å²) in [4.78, 5) is 18.6. The molecule has 10 heteroatoms. The highest BCUT2D eigenvalue weighted by Gasteiger charge is 2.30. The van der Waals surface area contributed by atoms with E-state index in [-0.39, 0.29) is 11.9 Å². The Morgan fingerprint density at radius 2 is 1.75 bits per heavy atom. The number of hydrogen-bond donors (Lipinski definition) is 1. The third kappa shape index (κ3) is 4.84. The van der Waals surface area contributed by atoms with E-state index in [9.17, 15) is 18.0 Å². The highest BCUT2D eigenvalue weighted by molar-refractivity contribution is 5.89. The van der Waals surface area contributed by atoms with E-state index >= 15 is 0 Å². The van der Waals surface area contributed by atoms with Crippen molar-refractivity contribution < 1.29 is 27.2 Å². The summed E-state index contributed by atoms with van der Waals surface area (Å²) in [6.45, 7) is 0.939. The van der Waals surface area contributed by atoms with Crippen LogP contribution in [0.5, 0.6) is 5.75 Å². The fourth-order valence-corrected chi connectivity index (χ4v) is 3.53. The van der Waals surface area contributed by atoms with E-state index in [1.165, 1.54) is 12.1 Å². The molecule has 2 heterocycles. The summed E-state index contributed by atoms with van der Waals surface area (Å²) < 4.78 is 48.6. The van der Waals surface area contributed by atoms with Gasteiger partial charge in [0.1, 0.15) is 5.75 Å². The summed E-state index contributed by atoms with van der Waals surface area (Å²) in [5.74, 6) is 1.78. The molecule has 1 aliphatic heterocycles. The van der Waals surface area contributed by atoms with Crippen LogP contribution in [0.2, 0.25) is 0 Å². The Labute approximate surface area is 182 Å². The molecule has 2 aromatic carbocycles. The number of halogens is 3. The van der Waals surface area contributed by atoms with Crippen LogP contribution in [0.4, 0.5) is 23.7 Å². The summed E-state index contributed by atoms with van der Waals surface area (Å²) in [6, 6.07) is 11.4. The third-order valence-corrected chi connectivity index (χ3v) is 5.38. The second-order valence-electron chi connectivity index (χ2n) is 7.45. The smallest absolute Gasteiger partial charge is 0.416 e. The summed E-state index contributed by atoms with van der Waals surface area (Å²) in [6.07, 6.45) is -3.12. The number of alkyl halides is 3. The molecule has 0 unspecified atom stereocenters. The van der Waals surface area contributed by atoms with Crippen LogP contribution in [0, 0.1) is 0 Å². The highest BCUT2D eigenvalue weighted by Crippen LogP contribution is 2.31. The molecular weight excluding hydrogens is 425 g/mol. The maximum atomic E-state index is 12.7. The number of likely N-dealkylation sites (tertiary alicyclic amines) is 1. The van der Waals surface area contributed by atoms with Gasteiger partial charge >= 0.3 is 12.2 Å². The van der Waals surface area contributed by atoms with Crippen LogP contribution in [0.1, 0.15) is 30.2 Å². The topological polar surface area (TPSA) is 80.5 Å². The first-order chi connectivity index (χ1) is 15.3. The predicted octanol–water partition coefficient (Wildman–Crippen LogP) is 5.18. The van der Waals surface area contributed by atoms with Crippen LogP contribution < -0.4 is 10.1 Å². The fourth-order valence-electron chi connectivity index (χ4n) is 3.53. The van der Waals surface area contributed by atoms with Crippen molar-refractivity contribution in [2.45, 2.75) is 24.9 Å². The Balaban J connectivity index is 1.32. The van der Waals surface area contributed by atoms with Gasteiger partial charge in [-0.3, -0.25) is 0 Å². The molecule has 3 aromatic rings. The molecule has 0 aliphatic carbocycles. The minimum atomic E-state index is -4.41. The van der Waals surface area contributed by atoms with Gasteiger partial charge in [0, 0.05) is 30.3 Å². The average molecular weight is 446 g/mol. The molecule has 32 heavy (non-hydrogen) atoms. The van der Waals surface area contributed by atoms with Crippen LogP contribution in [-0.2, 0) is 6.18 Å². The lowest BCUT2D eigenvalue weighted by Crippen LogP contribution is -2.40. The van der Waals surface area contributed by atoms with E-state index in [4.69, 9.17) is 9.26 Å². The van der Waals surface area contributed by atoms with Crippen molar-refractivity contribution in [1.29, 1.82) is 0 Å². The largest absolute Gasteiger partial charge is 0.497 e. The SMILES string of the molecule is COc1ccc(-c2noc(C3CCN(C(=O)Nc4ccc(C(F)(F)F)cc4)CC3)n2)cc1. The van der Waals surface area contributed by atoms with Gasteiger partial charge in [0.25, 0.3) is 0 Å². The molecule has 0 bridgehead atoms. The molecule has 0 saturated carbocycles. The standard InChI is InChI=1S/C22H21F3N4O3/c1-31-18-8-2-14(3-9-18)19-27-20(32-28-19)15-10-12-29(13-11-15)21(30)26-17-6-4-16(5-7-17)22(23,24)25/h2-9,15H,10-13H2,1H3,(H,26,30). The number of benzene rings is 2. The number of nitrogens with one attached hydrogen (secondary N) is 1. The van der Waals surface area contributed by atoms with Crippen LogP contribution in [0.3, 0.4) is 0 Å². The molecule has 1 fully saturated rings. The monoisotopic (exact) mass is 446 g/mol. The normalized spacial score (nSPS) is 14.9. The highest BCUT2D eigenvalue weighted by atomic mass is 19.4.